The van der Waals surface area contributed by atoms with Gasteiger partial charge in [-0.15, -0.1) is 0 Å². The molecule has 1 aromatic carbocycles. The highest BCUT2D eigenvalue weighted by Crippen LogP contribution is 2.23. The van der Waals surface area contributed by atoms with E-state index in [0.29, 0.717) is 6.54 Å². The summed E-state index contributed by atoms with van der Waals surface area (Å²) in [6.45, 7) is 3.17. The number of hydrogen-bond donors (Lipinski definition) is 1. The molecule has 0 radical (unpaired) electrons. The highest BCUT2D eigenvalue weighted by Gasteiger charge is 2.15. The summed E-state index contributed by atoms with van der Waals surface area (Å²) in [5.74, 6) is -1.04. The van der Waals surface area contributed by atoms with Gasteiger partial charge in [0, 0.05) is 13.1 Å². The summed E-state index contributed by atoms with van der Waals surface area (Å²) in [5, 5.41) is 8.90. The zero-order valence-electron chi connectivity index (χ0n) is 11.1. The van der Waals surface area contributed by atoms with Crippen molar-refractivity contribution in [3.63, 3.8) is 0 Å². The van der Waals surface area contributed by atoms with Gasteiger partial charge in [0.15, 0.2) is 0 Å². The monoisotopic (exact) mass is 247 g/mol. The molecule has 1 atom stereocenters. The van der Waals surface area contributed by atoms with Crippen LogP contribution >= 0.6 is 0 Å². The van der Waals surface area contributed by atoms with Gasteiger partial charge in [0.05, 0.1) is 5.92 Å². The predicted octanol–water partition coefficient (Wildman–Crippen LogP) is 2.33. The summed E-state index contributed by atoms with van der Waals surface area (Å²) in [6, 6.07) is 6.68. The Morgan fingerprint density at radius 1 is 1.39 bits per heavy atom. The zero-order valence-corrected chi connectivity index (χ0v) is 11.1. The molecule has 0 aliphatic heterocycles. The van der Waals surface area contributed by atoms with Gasteiger partial charge in [-0.1, -0.05) is 25.1 Å². The standard InChI is InChI=1S/C15H21NO2/c1-11(15(17)18)9-16(2)10-12-6-7-13-4-3-5-14(13)8-12/h6-8,11H,3-5,9-10H2,1-2H3,(H,17,18). The molecule has 0 spiro atoms. The third-order valence-corrected chi connectivity index (χ3v) is 3.62. The maximum Gasteiger partial charge on any atom is 0.307 e. The van der Waals surface area contributed by atoms with E-state index < -0.39 is 5.97 Å². The molecule has 1 aliphatic rings. The number of aliphatic carboxylic acids is 1. The van der Waals surface area contributed by atoms with Gasteiger partial charge in [-0.05, 0) is 43.0 Å². The first kappa shape index (κ1) is 13.1. The molecule has 0 saturated carbocycles. The van der Waals surface area contributed by atoms with E-state index in [9.17, 15) is 4.79 Å². The molecular formula is C15H21NO2. The summed E-state index contributed by atoms with van der Waals surface area (Å²) in [4.78, 5) is 12.9. The van der Waals surface area contributed by atoms with E-state index in [0.717, 1.165) is 6.54 Å². The lowest BCUT2D eigenvalue weighted by molar-refractivity contribution is -0.141. The van der Waals surface area contributed by atoms with Gasteiger partial charge in [0.1, 0.15) is 0 Å². The number of carboxylic acids is 1. The highest BCUT2D eigenvalue weighted by molar-refractivity contribution is 5.69. The van der Waals surface area contributed by atoms with Crippen molar-refractivity contribution in [1.82, 2.24) is 4.90 Å². The molecule has 0 heterocycles. The fourth-order valence-electron chi connectivity index (χ4n) is 2.65. The minimum absolute atomic E-state index is 0.315. The largest absolute Gasteiger partial charge is 0.481 e. The first-order valence-electron chi connectivity index (χ1n) is 6.58. The van der Waals surface area contributed by atoms with Gasteiger partial charge in [0.25, 0.3) is 0 Å². The summed E-state index contributed by atoms with van der Waals surface area (Å²) < 4.78 is 0. The second kappa shape index (κ2) is 5.53. The molecule has 0 fully saturated rings. The molecule has 1 aromatic rings. The Bertz CT molecular complexity index is 442. The van der Waals surface area contributed by atoms with Crippen LogP contribution in [0.4, 0.5) is 0 Å². The summed E-state index contributed by atoms with van der Waals surface area (Å²) in [5.41, 5.74) is 4.25. The van der Waals surface area contributed by atoms with Crippen LogP contribution in [0.3, 0.4) is 0 Å². The van der Waals surface area contributed by atoms with E-state index in [2.05, 4.69) is 23.1 Å². The van der Waals surface area contributed by atoms with Crippen molar-refractivity contribution < 1.29 is 9.90 Å². The van der Waals surface area contributed by atoms with Crippen molar-refractivity contribution in [2.75, 3.05) is 13.6 Å². The van der Waals surface area contributed by atoms with Crippen LogP contribution < -0.4 is 0 Å². The van der Waals surface area contributed by atoms with Crippen LogP contribution in [0, 0.1) is 5.92 Å². The molecule has 3 heteroatoms. The molecule has 1 aliphatic carbocycles. The van der Waals surface area contributed by atoms with E-state index in [1.54, 1.807) is 6.92 Å². The normalized spacial score (nSPS) is 15.7. The third kappa shape index (κ3) is 3.10. The zero-order chi connectivity index (χ0) is 13.1. The van der Waals surface area contributed by atoms with Crippen LogP contribution in [0.15, 0.2) is 18.2 Å². The number of carbonyl (C=O) groups is 1. The Morgan fingerprint density at radius 2 is 2.11 bits per heavy atom. The van der Waals surface area contributed by atoms with E-state index in [1.165, 1.54) is 36.0 Å². The van der Waals surface area contributed by atoms with Crippen LogP contribution in [0.2, 0.25) is 0 Å². The summed E-state index contributed by atoms with van der Waals surface area (Å²) >= 11 is 0. The minimum Gasteiger partial charge on any atom is -0.481 e. The second-order valence-electron chi connectivity index (χ2n) is 5.39. The number of hydrogen-bond acceptors (Lipinski definition) is 2. The Morgan fingerprint density at radius 3 is 2.83 bits per heavy atom. The van der Waals surface area contributed by atoms with Crippen molar-refractivity contribution in [2.24, 2.45) is 5.92 Å². The first-order valence-corrected chi connectivity index (χ1v) is 6.58. The lowest BCUT2D eigenvalue weighted by Gasteiger charge is -2.19. The van der Waals surface area contributed by atoms with Crippen molar-refractivity contribution in [3.05, 3.63) is 34.9 Å². The molecule has 1 unspecified atom stereocenters. The molecule has 0 saturated heterocycles. The van der Waals surface area contributed by atoms with Crippen LogP contribution in [0.25, 0.3) is 0 Å². The molecule has 0 amide bonds. The number of carboxylic acid groups (broad SMARTS) is 1. The van der Waals surface area contributed by atoms with Gasteiger partial charge in [-0.3, -0.25) is 4.79 Å². The van der Waals surface area contributed by atoms with Gasteiger partial charge in [-0.25, -0.2) is 0 Å². The van der Waals surface area contributed by atoms with Gasteiger partial charge >= 0.3 is 5.97 Å². The topological polar surface area (TPSA) is 40.5 Å². The average Bonchev–Trinajstić information content (AvgIpc) is 2.75. The predicted molar refractivity (Wildman–Crippen MR) is 71.6 cm³/mol. The molecule has 0 bridgehead atoms. The van der Waals surface area contributed by atoms with Crippen molar-refractivity contribution in [3.8, 4) is 0 Å². The minimum atomic E-state index is -0.726. The Balaban J connectivity index is 1.95. The van der Waals surface area contributed by atoms with E-state index in [-0.39, 0.29) is 5.92 Å². The smallest absolute Gasteiger partial charge is 0.307 e. The van der Waals surface area contributed by atoms with Crippen molar-refractivity contribution >= 4 is 5.97 Å². The Hall–Kier alpha value is -1.35. The van der Waals surface area contributed by atoms with Crippen LogP contribution in [-0.2, 0) is 24.2 Å². The number of aryl methyl sites for hydroxylation is 2. The average molecular weight is 247 g/mol. The maximum atomic E-state index is 10.8. The van der Waals surface area contributed by atoms with Crippen LogP contribution in [-0.4, -0.2) is 29.6 Å². The molecule has 1 N–H and O–H groups in total. The highest BCUT2D eigenvalue weighted by atomic mass is 16.4. The molecule has 98 valence electrons. The number of benzene rings is 1. The number of fused-ring (bicyclic) bond motifs is 1. The van der Waals surface area contributed by atoms with Gasteiger partial charge in [-0.2, -0.15) is 0 Å². The van der Waals surface area contributed by atoms with Crippen LogP contribution in [0.1, 0.15) is 30.0 Å². The SMILES string of the molecule is CC(CN(C)Cc1ccc2c(c1)CCC2)C(=O)O. The lowest BCUT2D eigenvalue weighted by atomic mass is 10.1. The quantitative estimate of drug-likeness (QED) is 0.868. The number of rotatable bonds is 5. The molecule has 2 rings (SSSR count). The van der Waals surface area contributed by atoms with E-state index >= 15 is 0 Å². The Kier molecular flexibility index (Phi) is 4.02. The van der Waals surface area contributed by atoms with Gasteiger partial charge in [0.2, 0.25) is 0 Å². The van der Waals surface area contributed by atoms with Crippen molar-refractivity contribution in [1.29, 1.82) is 0 Å². The van der Waals surface area contributed by atoms with Crippen molar-refractivity contribution in [2.45, 2.75) is 32.7 Å². The maximum absolute atomic E-state index is 10.8. The Labute approximate surface area is 108 Å². The fraction of sp³-hybridized carbons (Fsp3) is 0.533. The molecular weight excluding hydrogens is 226 g/mol. The van der Waals surface area contributed by atoms with Crippen LogP contribution in [0.5, 0.6) is 0 Å². The summed E-state index contributed by atoms with van der Waals surface area (Å²) in [7, 11) is 1.98. The van der Waals surface area contributed by atoms with Gasteiger partial charge < -0.3 is 10.0 Å². The second-order valence-corrected chi connectivity index (χ2v) is 5.39. The number of nitrogens with zero attached hydrogens (tertiary/aromatic N) is 1. The third-order valence-electron chi connectivity index (χ3n) is 3.62. The summed E-state index contributed by atoms with van der Waals surface area (Å²) in [6.07, 6.45) is 3.67. The molecule has 18 heavy (non-hydrogen) atoms. The van der Waals surface area contributed by atoms with E-state index in [1.807, 2.05) is 7.05 Å². The first-order chi connectivity index (χ1) is 8.56. The molecule has 3 nitrogen and oxygen atoms in total. The fourth-order valence-corrected chi connectivity index (χ4v) is 2.65. The molecule has 0 aromatic heterocycles. The van der Waals surface area contributed by atoms with E-state index in [4.69, 9.17) is 5.11 Å². The lowest BCUT2D eigenvalue weighted by Crippen LogP contribution is -2.28.